The molecule has 12 unspecified atom stereocenters. The SMILES string of the molecule is CCCCC/C=C/C=C/C(=O)OCC1OC(OC2C(CO)OC3(OCc4cc(O)cc(O)c43)C(O)C2OC(=O)/C=C/C=C/CC(O)/C(C)=C/C=C/CCC(C)CC)C(O)C(O)C1O.COC. The summed E-state index contributed by atoms with van der Waals surface area (Å²) in [5.41, 5.74) is 0.867. The van der Waals surface area contributed by atoms with Crippen molar-refractivity contribution < 1.29 is 83.6 Å². The lowest BCUT2D eigenvalue weighted by Gasteiger charge is -2.50. The van der Waals surface area contributed by atoms with Crippen LogP contribution in [0.3, 0.4) is 0 Å². The van der Waals surface area contributed by atoms with Gasteiger partial charge in [-0.1, -0.05) is 94.7 Å². The number of carbonyl (C=O) groups is 2. The van der Waals surface area contributed by atoms with Gasteiger partial charge in [-0.2, -0.15) is 0 Å². The Morgan fingerprint density at radius 1 is 0.879 bits per heavy atom. The molecule has 0 radical (unpaired) electrons. The Morgan fingerprint density at radius 2 is 1.56 bits per heavy atom. The normalized spacial score (nSPS) is 28.9. The van der Waals surface area contributed by atoms with E-state index in [4.69, 9.17) is 28.4 Å². The topological polar surface area (TPSA) is 261 Å². The minimum Gasteiger partial charge on any atom is -0.508 e. The molecule has 8 N–H and O–H groups in total. The van der Waals surface area contributed by atoms with Gasteiger partial charge >= 0.3 is 11.9 Å². The molecule has 17 heteroatoms. The number of hydrogen-bond acceptors (Lipinski definition) is 17. The number of unbranched alkanes of at least 4 members (excludes halogenated alkanes) is 3. The van der Waals surface area contributed by atoms with Gasteiger partial charge in [0.25, 0.3) is 0 Å². The number of ether oxygens (including phenoxy) is 7. The molecule has 3 aliphatic rings. The standard InChI is InChI=1S/C47H66O16.C2H6O/c1-5-7-8-9-10-11-17-22-37(52)58-28-36-40(54)41(55)42(56)46(60-36)62-43-35(26-48)63-47(39-31(27-59-47)24-32(49)25-34(39)51)45(57)44(43)61-38(53)23-18-13-16-21-33(50)30(4)20-15-12-14-19-29(3)6-2;1-3-2/h10-13,15-18,20,22-25,29,33,35-36,40-46,48-51,54-57H,5-9,14,19,21,26-28H2,1-4H3;1-2H3/b11-10+,15-12+,16-13+,22-17+,23-18+,30-20+;. The van der Waals surface area contributed by atoms with E-state index in [9.17, 15) is 50.4 Å². The van der Waals surface area contributed by atoms with Crippen LogP contribution in [0.25, 0.3) is 0 Å². The number of methoxy groups -OCH3 is 1. The van der Waals surface area contributed by atoms with Gasteiger partial charge in [-0.05, 0) is 62.1 Å². The van der Waals surface area contributed by atoms with E-state index in [1.807, 2.05) is 25.2 Å². The third-order valence-electron chi connectivity index (χ3n) is 11.3. The largest absolute Gasteiger partial charge is 0.508 e. The molecule has 12 atom stereocenters. The molecule has 2 fully saturated rings. The van der Waals surface area contributed by atoms with Gasteiger partial charge in [-0.15, -0.1) is 0 Å². The van der Waals surface area contributed by atoms with Crippen molar-refractivity contribution in [1.29, 1.82) is 0 Å². The van der Waals surface area contributed by atoms with E-state index in [1.165, 1.54) is 24.3 Å². The van der Waals surface area contributed by atoms with Crippen molar-refractivity contribution in [2.75, 3.05) is 27.4 Å². The summed E-state index contributed by atoms with van der Waals surface area (Å²) in [4.78, 5) is 25.8. The molecule has 0 bridgehead atoms. The van der Waals surface area contributed by atoms with Crippen LogP contribution in [-0.2, 0) is 55.1 Å². The van der Waals surface area contributed by atoms with Gasteiger partial charge in [-0.25, -0.2) is 9.59 Å². The maximum absolute atomic E-state index is 13.4. The molecule has 66 heavy (non-hydrogen) atoms. The zero-order valence-electron chi connectivity index (χ0n) is 38.9. The Balaban J connectivity index is 0.00000375. The Labute approximate surface area is 387 Å². The second-order valence-corrected chi connectivity index (χ2v) is 16.5. The lowest BCUT2D eigenvalue weighted by atomic mass is 9.86. The quantitative estimate of drug-likeness (QED) is 0.0348. The van der Waals surface area contributed by atoms with E-state index in [2.05, 4.69) is 31.6 Å². The second kappa shape index (κ2) is 28.8. The van der Waals surface area contributed by atoms with Gasteiger partial charge in [0.2, 0.25) is 5.79 Å². The first-order valence-electron chi connectivity index (χ1n) is 22.5. The third-order valence-corrected chi connectivity index (χ3v) is 11.3. The Bertz CT molecular complexity index is 1820. The number of carbonyl (C=O) groups excluding carboxylic acids is 2. The summed E-state index contributed by atoms with van der Waals surface area (Å²) in [5.74, 6) is -4.26. The van der Waals surface area contributed by atoms with Gasteiger partial charge in [0, 0.05) is 32.4 Å². The molecule has 3 heterocycles. The summed E-state index contributed by atoms with van der Waals surface area (Å²) in [7, 11) is 3.25. The number of aromatic hydroxyl groups is 2. The molecule has 0 saturated carbocycles. The number of allylic oxidation sites excluding steroid dienone is 8. The molecular formula is C49H72O17. The highest BCUT2D eigenvalue weighted by Crippen LogP contribution is 2.51. The van der Waals surface area contributed by atoms with Crippen molar-refractivity contribution in [2.45, 2.75) is 153 Å². The van der Waals surface area contributed by atoms with E-state index in [-0.39, 0.29) is 29.9 Å². The van der Waals surface area contributed by atoms with Crippen LogP contribution in [0.2, 0.25) is 0 Å². The van der Waals surface area contributed by atoms with E-state index < -0.39 is 97.9 Å². The number of fused-ring (bicyclic) bond motifs is 2. The number of aliphatic hydroxyl groups is 6. The molecule has 1 aromatic carbocycles. The number of phenolic OH excluding ortho intramolecular Hbond substituents is 2. The summed E-state index contributed by atoms with van der Waals surface area (Å²) in [6.45, 7) is 6.54. The number of esters is 2. The Kier molecular flexibility index (Phi) is 24.5. The molecule has 0 aliphatic carbocycles. The zero-order chi connectivity index (χ0) is 48.8. The van der Waals surface area contributed by atoms with Gasteiger partial charge in [-0.3, -0.25) is 0 Å². The number of rotatable bonds is 22. The van der Waals surface area contributed by atoms with Crippen molar-refractivity contribution in [3.63, 3.8) is 0 Å². The molecule has 1 aromatic rings. The van der Waals surface area contributed by atoms with Crippen LogP contribution in [0.5, 0.6) is 11.5 Å². The molecule has 17 nitrogen and oxygen atoms in total. The highest BCUT2D eigenvalue weighted by Gasteiger charge is 2.63. The monoisotopic (exact) mass is 932 g/mol. The average molecular weight is 933 g/mol. The molecule has 4 rings (SSSR count). The molecule has 370 valence electrons. The van der Waals surface area contributed by atoms with Crippen molar-refractivity contribution in [2.24, 2.45) is 5.92 Å². The maximum Gasteiger partial charge on any atom is 0.331 e. The van der Waals surface area contributed by atoms with Crippen LogP contribution in [0, 0.1) is 5.92 Å². The predicted octanol–water partition coefficient (Wildman–Crippen LogP) is 4.33. The van der Waals surface area contributed by atoms with Crippen molar-refractivity contribution >= 4 is 11.9 Å². The van der Waals surface area contributed by atoms with Crippen molar-refractivity contribution in [1.82, 2.24) is 0 Å². The number of aliphatic hydroxyl groups excluding tert-OH is 6. The fourth-order valence-corrected chi connectivity index (χ4v) is 7.32. The maximum atomic E-state index is 13.4. The summed E-state index contributed by atoms with van der Waals surface area (Å²) < 4.78 is 39.0. The predicted molar refractivity (Wildman–Crippen MR) is 242 cm³/mol. The first-order valence-corrected chi connectivity index (χ1v) is 22.5. The highest BCUT2D eigenvalue weighted by atomic mass is 16.8. The minimum absolute atomic E-state index is 0.107. The number of hydrogen-bond donors (Lipinski definition) is 8. The van der Waals surface area contributed by atoms with Gasteiger partial charge in [0.05, 0.1) is 24.9 Å². The fraction of sp³-hybridized carbons (Fsp3) is 0.592. The lowest BCUT2D eigenvalue weighted by Crippen LogP contribution is -2.67. The molecule has 0 aromatic heterocycles. The summed E-state index contributed by atoms with van der Waals surface area (Å²) >= 11 is 0. The summed E-state index contributed by atoms with van der Waals surface area (Å²) in [6.07, 6.45) is 8.36. The lowest BCUT2D eigenvalue weighted by molar-refractivity contribution is -0.395. The zero-order valence-corrected chi connectivity index (χ0v) is 38.9. The third kappa shape index (κ3) is 16.2. The van der Waals surface area contributed by atoms with E-state index >= 15 is 0 Å². The molecule has 2 saturated heterocycles. The average Bonchev–Trinajstić information content (AvgIpc) is 3.66. The van der Waals surface area contributed by atoms with E-state index in [1.54, 1.807) is 26.4 Å². The number of benzene rings is 1. The first-order chi connectivity index (χ1) is 31.6. The van der Waals surface area contributed by atoms with Crippen LogP contribution < -0.4 is 0 Å². The Hall–Kier alpha value is -4.24. The fourth-order valence-electron chi connectivity index (χ4n) is 7.32. The van der Waals surface area contributed by atoms with Crippen molar-refractivity contribution in [3.05, 3.63) is 95.7 Å². The molecular weight excluding hydrogens is 861 g/mol. The van der Waals surface area contributed by atoms with E-state index in [0.29, 0.717) is 5.92 Å². The minimum atomic E-state index is -2.27. The van der Waals surface area contributed by atoms with E-state index in [0.717, 1.165) is 68.7 Å². The van der Waals surface area contributed by atoms with Crippen LogP contribution in [0.15, 0.2) is 84.5 Å². The van der Waals surface area contributed by atoms with Crippen molar-refractivity contribution in [3.8, 4) is 11.5 Å². The van der Waals surface area contributed by atoms with Gasteiger partial charge in [0.1, 0.15) is 54.7 Å². The molecule has 0 amide bonds. The van der Waals surface area contributed by atoms with Crippen LogP contribution in [0.1, 0.15) is 90.2 Å². The smallest absolute Gasteiger partial charge is 0.331 e. The second-order valence-electron chi connectivity index (χ2n) is 16.5. The van der Waals surface area contributed by atoms with Gasteiger partial charge < -0.3 is 74.0 Å². The summed E-state index contributed by atoms with van der Waals surface area (Å²) in [6, 6.07) is 2.27. The molecule has 3 aliphatic heterocycles. The highest BCUT2D eigenvalue weighted by molar-refractivity contribution is 5.82. The van der Waals surface area contributed by atoms with Crippen LogP contribution >= 0.6 is 0 Å². The first kappa shape index (κ1) is 56.1. The van der Waals surface area contributed by atoms with Crippen LogP contribution in [-0.4, -0.2) is 141 Å². The van der Waals surface area contributed by atoms with Crippen LogP contribution in [0.4, 0.5) is 0 Å². The summed E-state index contributed by atoms with van der Waals surface area (Å²) in [5, 5.41) is 86.7. The molecule has 1 spiro atoms. The van der Waals surface area contributed by atoms with Gasteiger partial charge in [0.15, 0.2) is 18.5 Å². The number of phenols is 2. The Morgan fingerprint density at radius 3 is 2.24 bits per heavy atom.